The molecule has 3 N–H and O–H groups in total. The number of hydrogen-bond acceptors (Lipinski definition) is 6. The van der Waals surface area contributed by atoms with Gasteiger partial charge >= 0.3 is 5.97 Å². The normalized spacial score (nSPS) is 10.4. The zero-order valence-corrected chi connectivity index (χ0v) is 11.8. The summed E-state index contributed by atoms with van der Waals surface area (Å²) in [6.45, 7) is 1.97. The van der Waals surface area contributed by atoms with Gasteiger partial charge in [-0.2, -0.15) is 0 Å². The molecule has 0 unspecified atom stereocenters. The molecule has 0 saturated carbocycles. The van der Waals surface area contributed by atoms with Crippen molar-refractivity contribution >= 4 is 23.1 Å². The van der Waals surface area contributed by atoms with Gasteiger partial charge in [-0.05, 0) is 18.4 Å². The number of nitrogens with one attached hydrogen (secondary N) is 1. The number of carbonyl (C=O) groups is 1. The van der Waals surface area contributed by atoms with Crippen molar-refractivity contribution in [1.82, 2.24) is 9.97 Å². The molecule has 0 saturated heterocycles. The minimum Gasteiger partial charge on any atom is -0.466 e. The van der Waals surface area contributed by atoms with Crippen LogP contribution in [-0.4, -0.2) is 22.5 Å². The molecular weight excluding hydrogens is 278 g/mol. The van der Waals surface area contributed by atoms with Gasteiger partial charge in [0.25, 0.3) is 5.56 Å². The number of ether oxygens (including phenoxy) is 1. The summed E-state index contributed by atoms with van der Waals surface area (Å²) in [7, 11) is 0. The number of esters is 1. The number of aromatic amines is 1. The van der Waals surface area contributed by atoms with Gasteiger partial charge in [-0.3, -0.25) is 9.59 Å². The Balaban J connectivity index is 2.20. The molecule has 0 aromatic carbocycles. The van der Waals surface area contributed by atoms with Gasteiger partial charge in [-0.1, -0.05) is 6.07 Å². The summed E-state index contributed by atoms with van der Waals surface area (Å²) in [6, 6.07) is 3.88. The van der Waals surface area contributed by atoms with Crippen LogP contribution >= 0.6 is 11.3 Å². The predicted octanol–water partition coefficient (Wildman–Crippen LogP) is 1.11. The Kier molecular flexibility index (Phi) is 4.52. The second kappa shape index (κ2) is 6.33. The van der Waals surface area contributed by atoms with Crippen molar-refractivity contribution in [2.75, 3.05) is 12.3 Å². The van der Waals surface area contributed by atoms with E-state index in [4.69, 9.17) is 10.5 Å². The summed E-state index contributed by atoms with van der Waals surface area (Å²) in [5.74, 6) is 0.0772. The number of thiophene rings is 1. The van der Waals surface area contributed by atoms with Gasteiger partial charge in [0, 0.05) is 11.3 Å². The quantitative estimate of drug-likeness (QED) is 0.805. The van der Waals surface area contributed by atoms with Crippen LogP contribution in [-0.2, 0) is 22.4 Å². The molecule has 2 aromatic rings. The first-order chi connectivity index (χ1) is 9.60. The highest BCUT2D eigenvalue weighted by Crippen LogP contribution is 2.13. The van der Waals surface area contributed by atoms with E-state index >= 15 is 0 Å². The lowest BCUT2D eigenvalue weighted by atomic mass is 10.2. The molecule has 7 heteroatoms. The van der Waals surface area contributed by atoms with Crippen LogP contribution in [0.3, 0.4) is 0 Å². The number of H-pyrrole nitrogens is 1. The highest BCUT2D eigenvalue weighted by atomic mass is 32.1. The first kappa shape index (κ1) is 14.3. The van der Waals surface area contributed by atoms with Gasteiger partial charge < -0.3 is 15.5 Å². The molecule has 0 aliphatic rings. The second-order valence-electron chi connectivity index (χ2n) is 4.11. The lowest BCUT2D eigenvalue weighted by Crippen LogP contribution is -2.23. The molecule has 0 aliphatic carbocycles. The predicted molar refractivity (Wildman–Crippen MR) is 76.7 cm³/mol. The van der Waals surface area contributed by atoms with Gasteiger partial charge in [0.2, 0.25) is 0 Å². The zero-order chi connectivity index (χ0) is 14.5. The van der Waals surface area contributed by atoms with Crippen LogP contribution in [0.1, 0.15) is 23.2 Å². The number of carbonyl (C=O) groups excluding carboxylic acids is 1. The molecule has 20 heavy (non-hydrogen) atoms. The molecule has 2 aromatic heterocycles. The van der Waals surface area contributed by atoms with E-state index in [1.807, 2.05) is 17.5 Å². The lowest BCUT2D eigenvalue weighted by molar-refractivity contribution is -0.142. The van der Waals surface area contributed by atoms with Crippen molar-refractivity contribution in [2.45, 2.75) is 19.8 Å². The number of rotatable bonds is 5. The Morgan fingerprint density at radius 1 is 1.55 bits per heavy atom. The van der Waals surface area contributed by atoms with Crippen LogP contribution in [0.2, 0.25) is 0 Å². The number of nitrogen functional groups attached to an aromatic ring is 1. The van der Waals surface area contributed by atoms with Crippen molar-refractivity contribution in [3.05, 3.63) is 44.1 Å². The van der Waals surface area contributed by atoms with Crippen LogP contribution < -0.4 is 11.3 Å². The number of nitrogens with two attached hydrogens (primary N) is 1. The SMILES string of the molecule is CCOC(=O)Cc1c(N)nc(Cc2cccs2)[nH]c1=O. The third-order valence-corrected chi connectivity index (χ3v) is 3.52. The minimum absolute atomic E-state index is 0.0772. The van der Waals surface area contributed by atoms with Crippen LogP contribution in [0.25, 0.3) is 0 Å². The largest absolute Gasteiger partial charge is 0.466 e. The smallest absolute Gasteiger partial charge is 0.310 e. The first-order valence-electron chi connectivity index (χ1n) is 6.15. The van der Waals surface area contributed by atoms with Crippen LogP contribution in [0.4, 0.5) is 5.82 Å². The monoisotopic (exact) mass is 293 g/mol. The lowest BCUT2D eigenvalue weighted by Gasteiger charge is -2.06. The van der Waals surface area contributed by atoms with E-state index in [9.17, 15) is 9.59 Å². The molecule has 0 amide bonds. The van der Waals surface area contributed by atoms with E-state index in [0.717, 1.165) is 4.88 Å². The average molecular weight is 293 g/mol. The molecule has 0 fully saturated rings. The second-order valence-corrected chi connectivity index (χ2v) is 5.15. The molecule has 0 spiro atoms. The van der Waals surface area contributed by atoms with E-state index in [1.165, 1.54) is 0 Å². The molecule has 2 heterocycles. The van der Waals surface area contributed by atoms with Crippen molar-refractivity contribution in [3.63, 3.8) is 0 Å². The topological polar surface area (TPSA) is 98.1 Å². The number of hydrogen-bond donors (Lipinski definition) is 2. The maximum absolute atomic E-state index is 11.9. The summed E-state index contributed by atoms with van der Waals surface area (Å²) in [5.41, 5.74) is 5.52. The standard InChI is InChI=1S/C13H15N3O3S/c1-2-19-11(17)7-9-12(14)15-10(16-13(9)18)6-8-4-3-5-20-8/h3-5H,2,6-7H2,1H3,(H3,14,15,16,18). The Labute approximate surface area is 119 Å². The summed E-state index contributed by atoms with van der Waals surface area (Å²) in [4.78, 5) is 31.2. The number of anilines is 1. The molecule has 6 nitrogen and oxygen atoms in total. The molecule has 0 aliphatic heterocycles. The minimum atomic E-state index is -0.488. The summed E-state index contributed by atoms with van der Waals surface area (Å²) < 4.78 is 4.80. The van der Waals surface area contributed by atoms with Crippen molar-refractivity contribution in [3.8, 4) is 0 Å². The average Bonchev–Trinajstić information content (AvgIpc) is 2.87. The summed E-state index contributed by atoms with van der Waals surface area (Å²) >= 11 is 1.57. The molecule has 0 radical (unpaired) electrons. The Bertz CT molecular complexity index is 649. The highest BCUT2D eigenvalue weighted by Gasteiger charge is 2.14. The van der Waals surface area contributed by atoms with E-state index in [2.05, 4.69) is 9.97 Å². The maximum atomic E-state index is 11.9. The van der Waals surface area contributed by atoms with Crippen molar-refractivity contribution in [2.24, 2.45) is 0 Å². The van der Waals surface area contributed by atoms with Gasteiger partial charge in [0.1, 0.15) is 11.6 Å². The summed E-state index contributed by atoms with van der Waals surface area (Å²) in [6.07, 6.45) is 0.345. The fourth-order valence-electron chi connectivity index (χ4n) is 1.75. The molecular formula is C13H15N3O3S. The third kappa shape index (κ3) is 3.45. The van der Waals surface area contributed by atoms with Crippen LogP contribution in [0.15, 0.2) is 22.3 Å². The fourth-order valence-corrected chi connectivity index (χ4v) is 2.46. The van der Waals surface area contributed by atoms with E-state index in [-0.39, 0.29) is 24.4 Å². The van der Waals surface area contributed by atoms with Gasteiger partial charge in [-0.25, -0.2) is 4.98 Å². The Hall–Kier alpha value is -2.15. The Morgan fingerprint density at radius 2 is 2.35 bits per heavy atom. The molecule has 0 bridgehead atoms. The molecule has 0 atom stereocenters. The van der Waals surface area contributed by atoms with Crippen molar-refractivity contribution in [1.29, 1.82) is 0 Å². The first-order valence-corrected chi connectivity index (χ1v) is 7.03. The van der Waals surface area contributed by atoms with Crippen LogP contribution in [0, 0.1) is 0 Å². The molecule has 2 rings (SSSR count). The zero-order valence-electron chi connectivity index (χ0n) is 11.0. The van der Waals surface area contributed by atoms with E-state index < -0.39 is 11.5 Å². The Morgan fingerprint density at radius 3 is 2.95 bits per heavy atom. The number of nitrogens with zero attached hydrogens (tertiary/aromatic N) is 1. The van der Waals surface area contributed by atoms with Gasteiger partial charge in [0.15, 0.2) is 0 Å². The van der Waals surface area contributed by atoms with Gasteiger partial charge in [-0.15, -0.1) is 11.3 Å². The summed E-state index contributed by atoms with van der Waals surface area (Å²) in [5, 5.41) is 1.95. The fraction of sp³-hybridized carbons (Fsp3) is 0.308. The number of aromatic nitrogens is 2. The van der Waals surface area contributed by atoms with Crippen LogP contribution in [0.5, 0.6) is 0 Å². The third-order valence-electron chi connectivity index (χ3n) is 2.64. The van der Waals surface area contributed by atoms with Gasteiger partial charge in [0.05, 0.1) is 18.6 Å². The molecule has 106 valence electrons. The highest BCUT2D eigenvalue weighted by molar-refractivity contribution is 7.09. The van der Waals surface area contributed by atoms with E-state index in [1.54, 1.807) is 18.3 Å². The maximum Gasteiger partial charge on any atom is 0.310 e. The van der Waals surface area contributed by atoms with Crippen molar-refractivity contribution < 1.29 is 9.53 Å². The van der Waals surface area contributed by atoms with E-state index in [0.29, 0.717) is 12.2 Å².